The van der Waals surface area contributed by atoms with Crippen molar-refractivity contribution < 1.29 is 13.9 Å². The second kappa shape index (κ2) is 9.90. The molecule has 2 N–H and O–H groups in total. The number of ether oxygens (including phenoxy) is 2. The van der Waals surface area contributed by atoms with Gasteiger partial charge in [0, 0.05) is 60.2 Å². The number of nitrogens with zero attached hydrogens (tertiary/aromatic N) is 5. The van der Waals surface area contributed by atoms with Gasteiger partial charge in [0.05, 0.1) is 11.4 Å². The molecule has 4 heterocycles. The van der Waals surface area contributed by atoms with E-state index >= 15 is 0 Å². The van der Waals surface area contributed by atoms with Gasteiger partial charge in [-0.05, 0) is 43.7 Å². The second-order valence-corrected chi connectivity index (χ2v) is 9.67. The Morgan fingerprint density at radius 1 is 1.13 bits per heavy atom. The van der Waals surface area contributed by atoms with Crippen LogP contribution in [-0.2, 0) is 26.6 Å². The number of hydrogen-bond acceptors (Lipinski definition) is 6. The summed E-state index contributed by atoms with van der Waals surface area (Å²) < 4.78 is 30.8. The summed E-state index contributed by atoms with van der Waals surface area (Å²) >= 11 is 0. The van der Waals surface area contributed by atoms with E-state index in [0.717, 1.165) is 39.2 Å². The number of anilines is 1. The van der Waals surface area contributed by atoms with Crippen LogP contribution in [0, 0.1) is 5.82 Å². The second-order valence-electron chi connectivity index (χ2n) is 9.67. The van der Waals surface area contributed by atoms with E-state index in [1.807, 2.05) is 68.2 Å². The molecule has 0 saturated heterocycles. The predicted molar refractivity (Wildman–Crippen MR) is 147 cm³/mol. The number of rotatable bonds is 4. The van der Waals surface area contributed by atoms with Crippen LogP contribution in [0.1, 0.15) is 42.2 Å². The lowest BCUT2D eigenvalue weighted by Gasteiger charge is -2.21. The van der Waals surface area contributed by atoms with Crippen molar-refractivity contribution in [3.05, 3.63) is 95.1 Å². The summed E-state index contributed by atoms with van der Waals surface area (Å²) in [5.74, 6) is 0.855. The zero-order chi connectivity index (χ0) is 27.1. The highest BCUT2D eigenvalue weighted by Crippen LogP contribution is 2.40. The summed E-state index contributed by atoms with van der Waals surface area (Å²) in [5.41, 5.74) is 13.0. The number of pyridine rings is 1. The van der Waals surface area contributed by atoms with Gasteiger partial charge in [0.2, 0.25) is 5.88 Å². The highest BCUT2D eigenvalue weighted by Gasteiger charge is 2.27. The standard InChI is InChI=1S/C30H29FN6O2/c1-4-37-28-20-13-26(29(32)33-15-20)39-18(2)24-14-22(31)10-11-23(24)27-21(16-36(3)34-27)12-25(28)30(35-37)38-17-19-8-6-5-7-9-19/h5-11,13-16,18H,4,12,17H2,1-3H3,(H2,32,33). The molecule has 0 fully saturated rings. The molecule has 1 atom stereocenters. The number of nitrogen functional groups attached to an aromatic ring is 1. The molecule has 0 aliphatic carbocycles. The van der Waals surface area contributed by atoms with E-state index in [1.54, 1.807) is 16.9 Å². The van der Waals surface area contributed by atoms with Crippen LogP contribution in [0.4, 0.5) is 10.2 Å². The SMILES string of the molecule is CCn1nc(OCc2ccccc2)c2c1-c1cnc(N)c(c1)OC(C)c1cc(F)ccc1-c1nn(C)cc1C2. The Hall–Kier alpha value is -4.66. The highest BCUT2D eigenvalue weighted by molar-refractivity contribution is 5.73. The topological polar surface area (TPSA) is 93.0 Å². The van der Waals surface area contributed by atoms with Crippen LogP contribution >= 0.6 is 0 Å². The molecule has 0 radical (unpaired) electrons. The van der Waals surface area contributed by atoms with Crippen LogP contribution in [0.3, 0.4) is 0 Å². The van der Waals surface area contributed by atoms with Gasteiger partial charge in [-0.1, -0.05) is 30.3 Å². The van der Waals surface area contributed by atoms with Crippen LogP contribution < -0.4 is 15.2 Å². The fourth-order valence-corrected chi connectivity index (χ4v) is 5.13. The van der Waals surface area contributed by atoms with Crippen molar-refractivity contribution in [1.82, 2.24) is 24.5 Å². The summed E-state index contributed by atoms with van der Waals surface area (Å²) in [7, 11) is 1.88. The van der Waals surface area contributed by atoms with Crippen LogP contribution in [0.2, 0.25) is 0 Å². The molecule has 0 spiro atoms. The summed E-state index contributed by atoms with van der Waals surface area (Å²) in [6, 6.07) is 16.6. The highest BCUT2D eigenvalue weighted by atomic mass is 19.1. The molecular weight excluding hydrogens is 495 g/mol. The smallest absolute Gasteiger partial charge is 0.237 e. The third-order valence-corrected chi connectivity index (χ3v) is 6.97. The monoisotopic (exact) mass is 524 g/mol. The minimum atomic E-state index is -0.510. The fourth-order valence-electron chi connectivity index (χ4n) is 5.13. The normalized spacial score (nSPS) is 14.3. The maximum Gasteiger partial charge on any atom is 0.237 e. The Bertz CT molecular complexity index is 1660. The summed E-state index contributed by atoms with van der Waals surface area (Å²) in [5, 5.41) is 9.65. The molecule has 6 rings (SSSR count). The Morgan fingerprint density at radius 2 is 1.95 bits per heavy atom. The first-order chi connectivity index (χ1) is 18.9. The van der Waals surface area contributed by atoms with Gasteiger partial charge >= 0.3 is 0 Å². The van der Waals surface area contributed by atoms with Crippen LogP contribution in [0.15, 0.2) is 67.0 Å². The minimum absolute atomic E-state index is 0.254. The molecule has 9 heteroatoms. The van der Waals surface area contributed by atoms with Gasteiger partial charge in [-0.2, -0.15) is 5.10 Å². The fraction of sp³-hybridized carbons (Fsp3) is 0.233. The van der Waals surface area contributed by atoms with Crippen molar-refractivity contribution in [3.8, 4) is 34.1 Å². The first kappa shape index (κ1) is 24.7. The van der Waals surface area contributed by atoms with E-state index in [9.17, 15) is 4.39 Å². The van der Waals surface area contributed by atoms with Gasteiger partial charge < -0.3 is 15.2 Å². The average molecular weight is 525 g/mol. The summed E-state index contributed by atoms with van der Waals surface area (Å²) in [6.07, 6.45) is 3.70. The Balaban J connectivity index is 1.58. The predicted octanol–water partition coefficient (Wildman–Crippen LogP) is 5.71. The number of aromatic nitrogens is 5. The zero-order valence-electron chi connectivity index (χ0n) is 22.1. The number of benzene rings is 2. The van der Waals surface area contributed by atoms with Gasteiger partial charge in [-0.15, -0.1) is 5.10 Å². The number of nitrogens with two attached hydrogens (primary N) is 1. The first-order valence-corrected chi connectivity index (χ1v) is 12.9. The quantitative estimate of drug-likeness (QED) is 0.324. The molecular formula is C30H29FN6O2. The van der Waals surface area contributed by atoms with Gasteiger partial charge in [0.1, 0.15) is 18.5 Å². The van der Waals surface area contributed by atoms with Gasteiger partial charge in [0.25, 0.3) is 0 Å². The Labute approximate surface area is 225 Å². The van der Waals surface area contributed by atoms with Gasteiger partial charge in [-0.3, -0.25) is 9.36 Å². The van der Waals surface area contributed by atoms with E-state index in [2.05, 4.69) is 4.98 Å². The average Bonchev–Trinajstić information content (AvgIpc) is 3.48. The Morgan fingerprint density at radius 3 is 2.74 bits per heavy atom. The van der Waals surface area contributed by atoms with Crippen molar-refractivity contribution in [3.63, 3.8) is 0 Å². The molecule has 5 aromatic rings. The molecule has 3 aromatic heterocycles. The number of aryl methyl sites for hydroxylation is 2. The van der Waals surface area contributed by atoms with Gasteiger partial charge in [0.15, 0.2) is 11.6 Å². The minimum Gasteiger partial charge on any atom is -0.482 e. The summed E-state index contributed by atoms with van der Waals surface area (Å²) in [4.78, 5) is 4.44. The van der Waals surface area contributed by atoms with E-state index in [-0.39, 0.29) is 11.6 Å². The number of fused-ring (bicyclic) bond motifs is 7. The molecule has 2 bridgehead atoms. The molecule has 1 unspecified atom stereocenters. The van der Waals surface area contributed by atoms with Crippen molar-refractivity contribution in [2.45, 2.75) is 39.5 Å². The van der Waals surface area contributed by atoms with Crippen LogP contribution in [0.5, 0.6) is 11.6 Å². The third-order valence-electron chi connectivity index (χ3n) is 6.97. The molecule has 2 aromatic carbocycles. The van der Waals surface area contributed by atoms with Crippen molar-refractivity contribution in [1.29, 1.82) is 0 Å². The largest absolute Gasteiger partial charge is 0.482 e. The van der Waals surface area contributed by atoms with Crippen molar-refractivity contribution in [2.75, 3.05) is 5.73 Å². The van der Waals surface area contributed by atoms with E-state index in [4.69, 9.17) is 25.4 Å². The molecule has 1 aliphatic rings. The lowest BCUT2D eigenvalue weighted by atomic mass is 9.94. The maximum absolute atomic E-state index is 14.5. The maximum atomic E-state index is 14.5. The van der Waals surface area contributed by atoms with Crippen LogP contribution in [-0.4, -0.2) is 24.5 Å². The third kappa shape index (κ3) is 4.60. The molecule has 0 amide bonds. The molecule has 0 saturated carbocycles. The molecule has 39 heavy (non-hydrogen) atoms. The molecule has 8 nitrogen and oxygen atoms in total. The van der Waals surface area contributed by atoms with Crippen molar-refractivity contribution in [2.24, 2.45) is 7.05 Å². The first-order valence-electron chi connectivity index (χ1n) is 12.9. The molecule has 198 valence electrons. The number of hydrogen-bond donors (Lipinski definition) is 1. The van der Waals surface area contributed by atoms with Crippen molar-refractivity contribution >= 4 is 5.82 Å². The van der Waals surface area contributed by atoms with Crippen LogP contribution in [0.25, 0.3) is 22.5 Å². The van der Waals surface area contributed by atoms with Gasteiger partial charge in [-0.25, -0.2) is 9.37 Å². The summed E-state index contributed by atoms with van der Waals surface area (Å²) in [6.45, 7) is 4.91. The van der Waals surface area contributed by atoms with E-state index in [0.29, 0.717) is 36.8 Å². The zero-order valence-corrected chi connectivity index (χ0v) is 22.1. The molecule has 1 aliphatic heterocycles. The lowest BCUT2D eigenvalue weighted by molar-refractivity contribution is 0.227. The number of halogens is 1. The Kier molecular flexibility index (Phi) is 6.26. The van der Waals surface area contributed by atoms with E-state index < -0.39 is 6.10 Å². The lowest BCUT2D eigenvalue weighted by Crippen LogP contribution is -2.10. The van der Waals surface area contributed by atoms with E-state index in [1.165, 1.54) is 12.1 Å².